The SMILES string of the molecule is CCCCCNc1c(C(=O)OCC)cnc2cn[nH]c12. The summed E-state index contributed by atoms with van der Waals surface area (Å²) in [5.74, 6) is -0.366. The Labute approximate surface area is 117 Å². The average molecular weight is 276 g/mol. The van der Waals surface area contributed by atoms with Gasteiger partial charge in [-0.25, -0.2) is 4.79 Å². The molecule has 2 rings (SSSR count). The highest BCUT2D eigenvalue weighted by Gasteiger charge is 2.17. The molecule has 2 N–H and O–H groups in total. The van der Waals surface area contributed by atoms with Gasteiger partial charge in [-0.3, -0.25) is 10.1 Å². The van der Waals surface area contributed by atoms with Gasteiger partial charge in [-0.1, -0.05) is 19.8 Å². The first-order valence-electron chi connectivity index (χ1n) is 7.01. The molecule has 0 aliphatic carbocycles. The summed E-state index contributed by atoms with van der Waals surface area (Å²) in [7, 11) is 0. The van der Waals surface area contributed by atoms with Crippen LogP contribution < -0.4 is 5.32 Å². The molecule has 0 aliphatic heterocycles. The lowest BCUT2D eigenvalue weighted by Crippen LogP contribution is -2.12. The molecule has 0 aliphatic rings. The number of aromatic nitrogens is 3. The fourth-order valence-corrected chi connectivity index (χ4v) is 2.03. The normalized spacial score (nSPS) is 10.7. The highest BCUT2D eigenvalue weighted by molar-refractivity contribution is 6.03. The summed E-state index contributed by atoms with van der Waals surface area (Å²) < 4.78 is 5.07. The van der Waals surface area contributed by atoms with Crippen molar-refractivity contribution in [1.82, 2.24) is 15.2 Å². The number of carbonyl (C=O) groups is 1. The fourth-order valence-electron chi connectivity index (χ4n) is 2.03. The van der Waals surface area contributed by atoms with Crippen molar-refractivity contribution in [2.75, 3.05) is 18.5 Å². The van der Waals surface area contributed by atoms with Gasteiger partial charge in [0.25, 0.3) is 0 Å². The van der Waals surface area contributed by atoms with Gasteiger partial charge in [0.1, 0.15) is 16.6 Å². The Bertz CT molecular complexity index is 580. The monoisotopic (exact) mass is 276 g/mol. The number of carbonyl (C=O) groups excluding carboxylic acids is 1. The van der Waals surface area contributed by atoms with Crippen LogP contribution in [0.1, 0.15) is 43.5 Å². The number of ether oxygens (including phenoxy) is 1. The van der Waals surface area contributed by atoms with Gasteiger partial charge in [0.05, 0.1) is 18.5 Å². The van der Waals surface area contributed by atoms with Crippen LogP contribution in [-0.4, -0.2) is 34.3 Å². The molecule has 0 bridgehead atoms. The number of nitrogens with one attached hydrogen (secondary N) is 2. The molecular formula is C14H20N4O2. The molecule has 0 amide bonds. The number of pyridine rings is 1. The largest absolute Gasteiger partial charge is 0.462 e. The fraction of sp³-hybridized carbons (Fsp3) is 0.500. The van der Waals surface area contributed by atoms with Gasteiger partial charge in [0.2, 0.25) is 0 Å². The van der Waals surface area contributed by atoms with Crippen molar-refractivity contribution in [2.24, 2.45) is 0 Å². The summed E-state index contributed by atoms with van der Waals surface area (Å²) in [5, 5.41) is 10.2. The van der Waals surface area contributed by atoms with E-state index >= 15 is 0 Å². The number of H-pyrrole nitrogens is 1. The van der Waals surface area contributed by atoms with Gasteiger partial charge in [0, 0.05) is 12.7 Å². The smallest absolute Gasteiger partial charge is 0.341 e. The zero-order chi connectivity index (χ0) is 14.4. The Hall–Kier alpha value is -2.11. The van der Waals surface area contributed by atoms with Crippen LogP contribution >= 0.6 is 0 Å². The maximum atomic E-state index is 12.0. The van der Waals surface area contributed by atoms with Crippen molar-refractivity contribution in [1.29, 1.82) is 0 Å². The van der Waals surface area contributed by atoms with Crippen molar-refractivity contribution >= 4 is 22.7 Å². The molecular weight excluding hydrogens is 256 g/mol. The molecule has 0 atom stereocenters. The Morgan fingerprint density at radius 2 is 2.20 bits per heavy atom. The molecule has 0 fully saturated rings. The van der Waals surface area contributed by atoms with E-state index in [4.69, 9.17) is 4.74 Å². The third-order valence-corrected chi connectivity index (χ3v) is 3.05. The molecule has 20 heavy (non-hydrogen) atoms. The Morgan fingerprint density at radius 3 is 2.95 bits per heavy atom. The standard InChI is InChI=1S/C14H20N4O2/c1-3-5-6-7-15-12-10(14(19)20-4-2)8-16-11-9-17-18-13(11)12/h8-9H,3-7H2,1-2H3,(H,15,16)(H,17,18). The number of hydrogen-bond donors (Lipinski definition) is 2. The molecule has 2 aromatic rings. The summed E-state index contributed by atoms with van der Waals surface area (Å²) in [6.45, 7) is 5.09. The third-order valence-electron chi connectivity index (χ3n) is 3.05. The highest BCUT2D eigenvalue weighted by Crippen LogP contribution is 2.24. The summed E-state index contributed by atoms with van der Waals surface area (Å²) >= 11 is 0. The maximum Gasteiger partial charge on any atom is 0.341 e. The van der Waals surface area contributed by atoms with E-state index in [2.05, 4.69) is 27.4 Å². The second-order valence-corrected chi connectivity index (χ2v) is 4.53. The molecule has 0 radical (unpaired) electrons. The molecule has 0 aromatic carbocycles. The highest BCUT2D eigenvalue weighted by atomic mass is 16.5. The molecule has 0 spiro atoms. The number of unbranched alkanes of at least 4 members (excludes halogenated alkanes) is 2. The number of fused-ring (bicyclic) bond motifs is 1. The lowest BCUT2D eigenvalue weighted by molar-refractivity contribution is 0.0527. The second-order valence-electron chi connectivity index (χ2n) is 4.53. The summed E-state index contributed by atoms with van der Waals surface area (Å²) in [4.78, 5) is 16.2. The lowest BCUT2D eigenvalue weighted by Gasteiger charge is -2.11. The van der Waals surface area contributed by atoms with E-state index in [1.807, 2.05) is 0 Å². The van der Waals surface area contributed by atoms with E-state index in [1.165, 1.54) is 6.20 Å². The lowest BCUT2D eigenvalue weighted by atomic mass is 10.2. The quantitative estimate of drug-likeness (QED) is 0.600. The minimum Gasteiger partial charge on any atom is -0.462 e. The van der Waals surface area contributed by atoms with E-state index in [0.717, 1.165) is 42.5 Å². The number of hydrogen-bond acceptors (Lipinski definition) is 5. The minimum atomic E-state index is -0.366. The third kappa shape index (κ3) is 3.07. The van der Waals surface area contributed by atoms with Crippen LogP contribution in [0.2, 0.25) is 0 Å². The summed E-state index contributed by atoms with van der Waals surface area (Å²) in [5.41, 5.74) is 2.64. The van der Waals surface area contributed by atoms with Crippen LogP contribution in [0.4, 0.5) is 5.69 Å². The first-order chi connectivity index (χ1) is 9.77. The Balaban J connectivity index is 2.27. The summed E-state index contributed by atoms with van der Waals surface area (Å²) in [6, 6.07) is 0. The predicted molar refractivity (Wildman–Crippen MR) is 77.9 cm³/mol. The topological polar surface area (TPSA) is 79.9 Å². The zero-order valence-electron chi connectivity index (χ0n) is 11.9. The van der Waals surface area contributed by atoms with Gasteiger partial charge in [-0.05, 0) is 13.3 Å². The molecule has 2 heterocycles. The van der Waals surface area contributed by atoms with Crippen LogP contribution in [0, 0.1) is 0 Å². The van der Waals surface area contributed by atoms with Crippen molar-refractivity contribution < 1.29 is 9.53 Å². The Kier molecular flexibility index (Phi) is 4.92. The van der Waals surface area contributed by atoms with Crippen molar-refractivity contribution in [3.8, 4) is 0 Å². The number of rotatable bonds is 7. The van der Waals surface area contributed by atoms with Crippen LogP contribution in [0.25, 0.3) is 11.0 Å². The molecule has 6 nitrogen and oxygen atoms in total. The van der Waals surface area contributed by atoms with Gasteiger partial charge in [0.15, 0.2) is 0 Å². The van der Waals surface area contributed by atoms with E-state index < -0.39 is 0 Å². The van der Waals surface area contributed by atoms with Crippen LogP contribution in [-0.2, 0) is 4.74 Å². The van der Waals surface area contributed by atoms with E-state index in [1.54, 1.807) is 13.1 Å². The summed E-state index contributed by atoms with van der Waals surface area (Å²) in [6.07, 6.45) is 6.54. The number of aromatic amines is 1. The predicted octanol–water partition coefficient (Wildman–Crippen LogP) is 2.74. The first kappa shape index (κ1) is 14.3. The van der Waals surface area contributed by atoms with Gasteiger partial charge in [-0.2, -0.15) is 5.10 Å². The van der Waals surface area contributed by atoms with E-state index in [9.17, 15) is 4.79 Å². The van der Waals surface area contributed by atoms with Gasteiger partial charge in [-0.15, -0.1) is 0 Å². The molecule has 0 saturated heterocycles. The molecule has 2 aromatic heterocycles. The van der Waals surface area contributed by atoms with Gasteiger partial charge >= 0.3 is 5.97 Å². The van der Waals surface area contributed by atoms with Gasteiger partial charge < -0.3 is 10.1 Å². The molecule has 6 heteroatoms. The minimum absolute atomic E-state index is 0.342. The van der Waals surface area contributed by atoms with Crippen LogP contribution in [0.15, 0.2) is 12.4 Å². The van der Waals surface area contributed by atoms with E-state index in [0.29, 0.717) is 12.2 Å². The average Bonchev–Trinajstić information content (AvgIpc) is 2.92. The van der Waals surface area contributed by atoms with Crippen molar-refractivity contribution in [2.45, 2.75) is 33.1 Å². The second kappa shape index (κ2) is 6.88. The van der Waals surface area contributed by atoms with Crippen molar-refractivity contribution in [3.05, 3.63) is 18.0 Å². The van der Waals surface area contributed by atoms with Crippen molar-refractivity contribution in [3.63, 3.8) is 0 Å². The van der Waals surface area contributed by atoms with Crippen LogP contribution in [0.3, 0.4) is 0 Å². The van der Waals surface area contributed by atoms with E-state index in [-0.39, 0.29) is 5.97 Å². The number of anilines is 1. The molecule has 0 unspecified atom stereocenters. The maximum absolute atomic E-state index is 12.0. The molecule has 0 saturated carbocycles. The molecule has 108 valence electrons. The first-order valence-corrected chi connectivity index (χ1v) is 7.01. The number of nitrogens with zero attached hydrogens (tertiary/aromatic N) is 2. The van der Waals surface area contributed by atoms with Crippen LogP contribution in [0.5, 0.6) is 0 Å². The Morgan fingerprint density at radius 1 is 1.35 bits per heavy atom. The zero-order valence-corrected chi connectivity index (χ0v) is 11.9. The number of esters is 1.